The van der Waals surface area contributed by atoms with E-state index in [0.29, 0.717) is 22.7 Å². The number of para-hydroxylation sites is 2. The highest BCUT2D eigenvalue weighted by atomic mass is 32.2. The van der Waals surface area contributed by atoms with Gasteiger partial charge in [0, 0.05) is 19.2 Å². The second-order valence-electron chi connectivity index (χ2n) is 9.56. The number of nitrogens with zero attached hydrogens (tertiary/aromatic N) is 3. The van der Waals surface area contributed by atoms with Gasteiger partial charge in [0.05, 0.1) is 46.2 Å². The molecule has 3 heterocycles. The van der Waals surface area contributed by atoms with E-state index in [-0.39, 0.29) is 29.0 Å². The minimum Gasteiger partial charge on any atom is -0.495 e. The zero-order valence-electron chi connectivity index (χ0n) is 22.7. The molecular formula is C27H30FN7O4S2. The average molecular weight is 600 g/mol. The smallest absolute Gasteiger partial charge is 0.254 e. The first-order valence-corrected chi connectivity index (χ1v) is 15.6. The highest BCUT2D eigenvalue weighted by molar-refractivity contribution is 7.92. The van der Waals surface area contributed by atoms with E-state index in [4.69, 9.17) is 4.74 Å². The van der Waals surface area contributed by atoms with Gasteiger partial charge in [-0.25, -0.2) is 17.8 Å². The zero-order chi connectivity index (χ0) is 29.1. The summed E-state index contributed by atoms with van der Waals surface area (Å²) in [5, 5.41) is 14.2. The molecule has 1 aliphatic heterocycles. The van der Waals surface area contributed by atoms with Crippen LogP contribution in [0.4, 0.5) is 33.2 Å². The third-order valence-electron chi connectivity index (χ3n) is 6.75. The van der Waals surface area contributed by atoms with Crippen LogP contribution in [0.15, 0.2) is 47.8 Å². The molecule has 0 atom stereocenters. The lowest BCUT2D eigenvalue weighted by atomic mass is 10.1. The molecule has 0 aliphatic carbocycles. The van der Waals surface area contributed by atoms with E-state index >= 15 is 4.39 Å². The molecule has 11 nitrogen and oxygen atoms in total. The summed E-state index contributed by atoms with van der Waals surface area (Å²) >= 11 is 1.42. The number of carbonyl (C=O) groups is 1. The van der Waals surface area contributed by atoms with Crippen LogP contribution in [0.2, 0.25) is 0 Å². The molecule has 1 aliphatic rings. The molecule has 5 rings (SSSR count). The fourth-order valence-electron chi connectivity index (χ4n) is 4.51. The van der Waals surface area contributed by atoms with Gasteiger partial charge in [0.1, 0.15) is 11.6 Å². The number of hydrogen-bond acceptors (Lipinski definition) is 10. The molecule has 4 aromatic rings. The second-order valence-corrected chi connectivity index (χ2v) is 12.5. The Morgan fingerprint density at radius 1 is 1.12 bits per heavy atom. The van der Waals surface area contributed by atoms with Crippen molar-refractivity contribution in [3.05, 3.63) is 59.2 Å². The summed E-state index contributed by atoms with van der Waals surface area (Å²) in [6.45, 7) is 1.59. The Morgan fingerprint density at radius 3 is 2.61 bits per heavy atom. The van der Waals surface area contributed by atoms with Crippen LogP contribution in [0.1, 0.15) is 23.2 Å². The van der Waals surface area contributed by atoms with Gasteiger partial charge < -0.3 is 26.0 Å². The van der Waals surface area contributed by atoms with Gasteiger partial charge in [0.25, 0.3) is 5.91 Å². The van der Waals surface area contributed by atoms with Crippen molar-refractivity contribution in [2.45, 2.75) is 18.9 Å². The molecule has 0 saturated carbocycles. The Morgan fingerprint density at radius 2 is 1.88 bits per heavy atom. The SMILES string of the molecule is COc1cc(C(=O)NC2CCNCC2)c(F)cc1Nc1nc(Nc2ccccc2N(C)S(C)(=O)=O)c2sccc2n1. The van der Waals surface area contributed by atoms with Gasteiger partial charge in [0.2, 0.25) is 16.0 Å². The number of aromatic nitrogens is 2. The molecule has 0 radical (unpaired) electrons. The van der Waals surface area contributed by atoms with Crippen LogP contribution in [0, 0.1) is 5.82 Å². The first kappa shape index (κ1) is 28.5. The summed E-state index contributed by atoms with van der Waals surface area (Å²) < 4.78 is 47.0. The minimum absolute atomic E-state index is 0.0223. The summed E-state index contributed by atoms with van der Waals surface area (Å²) in [4.78, 5) is 22.0. The summed E-state index contributed by atoms with van der Waals surface area (Å²) in [5.74, 6) is -0.395. The van der Waals surface area contributed by atoms with E-state index in [9.17, 15) is 13.2 Å². The van der Waals surface area contributed by atoms with Gasteiger partial charge in [-0.1, -0.05) is 12.1 Å². The predicted octanol–water partition coefficient (Wildman–Crippen LogP) is 4.20. The van der Waals surface area contributed by atoms with Crippen molar-refractivity contribution >= 4 is 66.3 Å². The molecule has 0 spiro atoms. The number of anilines is 5. The number of hydrogen-bond donors (Lipinski definition) is 4. The van der Waals surface area contributed by atoms with Gasteiger partial charge in [-0.3, -0.25) is 9.10 Å². The topological polar surface area (TPSA) is 138 Å². The number of sulfonamides is 1. The zero-order valence-corrected chi connectivity index (χ0v) is 24.3. The number of thiophene rings is 1. The van der Waals surface area contributed by atoms with E-state index in [0.717, 1.165) is 36.9 Å². The van der Waals surface area contributed by atoms with Crippen LogP contribution >= 0.6 is 11.3 Å². The molecular weight excluding hydrogens is 569 g/mol. The van der Waals surface area contributed by atoms with E-state index in [1.165, 1.54) is 41.9 Å². The number of carbonyl (C=O) groups excluding carboxylic acids is 1. The lowest BCUT2D eigenvalue weighted by Crippen LogP contribution is -2.42. The third kappa shape index (κ3) is 6.34. The highest BCUT2D eigenvalue weighted by Crippen LogP contribution is 2.36. The second kappa shape index (κ2) is 11.8. The first-order valence-electron chi connectivity index (χ1n) is 12.9. The van der Waals surface area contributed by atoms with Crippen molar-refractivity contribution in [3.8, 4) is 5.75 Å². The van der Waals surface area contributed by atoms with Gasteiger partial charge in [-0.05, 0) is 55.6 Å². The molecule has 2 aromatic heterocycles. The van der Waals surface area contributed by atoms with Gasteiger partial charge in [-0.2, -0.15) is 4.98 Å². The molecule has 1 fully saturated rings. The maximum absolute atomic E-state index is 15.2. The molecule has 1 saturated heterocycles. The number of piperidine rings is 1. The largest absolute Gasteiger partial charge is 0.495 e. The van der Waals surface area contributed by atoms with Crippen LogP contribution < -0.4 is 30.3 Å². The van der Waals surface area contributed by atoms with E-state index in [2.05, 4.69) is 31.2 Å². The fourth-order valence-corrected chi connectivity index (χ4v) is 5.80. The molecule has 0 unspecified atom stereocenters. The highest BCUT2D eigenvalue weighted by Gasteiger charge is 2.22. The Kier molecular flexibility index (Phi) is 8.24. The van der Waals surface area contributed by atoms with Crippen molar-refractivity contribution in [3.63, 3.8) is 0 Å². The Bertz CT molecular complexity index is 1690. The normalized spacial score (nSPS) is 14.0. The summed E-state index contributed by atoms with van der Waals surface area (Å²) in [5.41, 5.74) is 1.71. The lowest BCUT2D eigenvalue weighted by Gasteiger charge is -2.24. The quantitative estimate of drug-likeness (QED) is 0.223. The van der Waals surface area contributed by atoms with Crippen LogP contribution in [-0.2, 0) is 10.0 Å². The standard InChI is InChI=1S/C27H30FN7O4S2/c1-35(41(3,37)38)22-7-5-4-6-19(22)31-25-24-20(10-13-40-24)32-27(34-25)33-21-15-18(28)17(14-23(21)39-2)26(36)30-16-8-11-29-12-9-16/h4-7,10,13-16,29H,8-9,11-12H2,1-3H3,(H,30,36)(H2,31,32,33,34). The van der Waals surface area contributed by atoms with Crippen molar-refractivity contribution < 1.29 is 22.3 Å². The fraction of sp³-hybridized carbons (Fsp3) is 0.296. The summed E-state index contributed by atoms with van der Waals surface area (Å²) in [6.07, 6.45) is 2.68. The molecule has 2 aromatic carbocycles. The molecule has 41 heavy (non-hydrogen) atoms. The van der Waals surface area contributed by atoms with E-state index in [1.807, 2.05) is 11.4 Å². The maximum atomic E-state index is 15.2. The van der Waals surface area contributed by atoms with Crippen LogP contribution in [-0.4, -0.2) is 63.8 Å². The minimum atomic E-state index is -3.51. The monoisotopic (exact) mass is 599 g/mol. The van der Waals surface area contributed by atoms with E-state index in [1.54, 1.807) is 24.3 Å². The van der Waals surface area contributed by atoms with Crippen molar-refractivity contribution in [2.75, 3.05) is 48.4 Å². The molecule has 1 amide bonds. The third-order valence-corrected chi connectivity index (χ3v) is 8.85. The lowest BCUT2D eigenvalue weighted by molar-refractivity contribution is 0.0925. The number of methoxy groups -OCH3 is 1. The Balaban J connectivity index is 1.45. The van der Waals surface area contributed by atoms with Crippen molar-refractivity contribution in [2.24, 2.45) is 0 Å². The van der Waals surface area contributed by atoms with Crippen LogP contribution in [0.25, 0.3) is 10.2 Å². The van der Waals surface area contributed by atoms with Gasteiger partial charge in [0.15, 0.2) is 5.82 Å². The Labute approximate surface area is 241 Å². The number of nitrogens with one attached hydrogen (secondary N) is 4. The maximum Gasteiger partial charge on any atom is 0.254 e. The van der Waals surface area contributed by atoms with Crippen molar-refractivity contribution in [1.82, 2.24) is 20.6 Å². The number of amides is 1. The number of fused-ring (bicyclic) bond motifs is 1. The Hall–Kier alpha value is -4.01. The summed E-state index contributed by atoms with van der Waals surface area (Å²) in [7, 11) is -0.610. The number of rotatable bonds is 9. The van der Waals surface area contributed by atoms with Gasteiger partial charge in [-0.15, -0.1) is 11.3 Å². The molecule has 14 heteroatoms. The first-order chi connectivity index (χ1) is 19.6. The van der Waals surface area contributed by atoms with Crippen LogP contribution in [0.3, 0.4) is 0 Å². The predicted molar refractivity (Wildman–Crippen MR) is 160 cm³/mol. The van der Waals surface area contributed by atoms with Gasteiger partial charge >= 0.3 is 0 Å². The molecule has 0 bridgehead atoms. The average Bonchev–Trinajstić information content (AvgIpc) is 3.42. The number of ether oxygens (including phenoxy) is 1. The van der Waals surface area contributed by atoms with Crippen molar-refractivity contribution in [1.29, 1.82) is 0 Å². The summed E-state index contributed by atoms with van der Waals surface area (Å²) in [6, 6.07) is 11.3. The number of halogens is 1. The van der Waals surface area contributed by atoms with Crippen LogP contribution in [0.5, 0.6) is 5.75 Å². The molecule has 4 N–H and O–H groups in total. The number of benzene rings is 2. The van der Waals surface area contributed by atoms with E-state index < -0.39 is 21.7 Å². The molecule has 216 valence electrons.